The Bertz CT molecular complexity index is 624. The quantitative estimate of drug-likeness (QED) is 0.922. The third kappa shape index (κ3) is 3.78. The van der Waals surface area contributed by atoms with Crippen LogP contribution in [0.3, 0.4) is 0 Å². The van der Waals surface area contributed by atoms with E-state index in [4.69, 9.17) is 0 Å². The van der Waals surface area contributed by atoms with Gasteiger partial charge in [0.15, 0.2) is 0 Å². The number of thiazole rings is 1. The van der Waals surface area contributed by atoms with Crippen molar-refractivity contribution in [1.82, 2.24) is 14.9 Å². The van der Waals surface area contributed by atoms with E-state index in [1.54, 1.807) is 37.7 Å². The van der Waals surface area contributed by atoms with Gasteiger partial charge >= 0.3 is 0 Å². The van der Waals surface area contributed by atoms with Crippen LogP contribution >= 0.6 is 11.3 Å². The number of hydrogen-bond donors (Lipinski definition) is 1. The second-order valence-electron chi connectivity index (χ2n) is 5.01. The predicted octanol–water partition coefficient (Wildman–Crippen LogP) is 2.98. The lowest BCUT2D eigenvalue weighted by atomic mass is 10.2. The smallest absolute Gasteiger partial charge is 0.272 e. The lowest BCUT2D eigenvalue weighted by Crippen LogP contribution is -2.22. The minimum Gasteiger partial charge on any atom is -0.376 e. The number of anilines is 1. The lowest BCUT2D eigenvalue weighted by Gasteiger charge is -2.14. The number of aryl methyl sites for hydroxylation is 1. The fourth-order valence-electron chi connectivity index (χ4n) is 1.86. The Morgan fingerprint density at radius 1 is 1.43 bits per heavy atom. The number of amides is 1. The van der Waals surface area contributed by atoms with Gasteiger partial charge in [0.2, 0.25) is 0 Å². The van der Waals surface area contributed by atoms with Crippen LogP contribution in [-0.2, 0) is 6.42 Å². The van der Waals surface area contributed by atoms with E-state index in [0.717, 1.165) is 17.1 Å². The third-order valence-electron chi connectivity index (χ3n) is 3.06. The standard InChI is InChI=1S/C15H20N4OS/c1-5-12-9-17-14(21-12)10(2)18-11-6-7-16-13(8-11)15(20)19(3)4/h6-10H,5H2,1-4H3,(H,16,18). The van der Waals surface area contributed by atoms with Crippen molar-refractivity contribution in [2.75, 3.05) is 19.4 Å². The average Bonchev–Trinajstić information content (AvgIpc) is 2.95. The van der Waals surface area contributed by atoms with E-state index in [9.17, 15) is 4.79 Å². The van der Waals surface area contributed by atoms with Crippen LogP contribution < -0.4 is 5.32 Å². The molecule has 112 valence electrons. The minimum absolute atomic E-state index is 0.0972. The maximum Gasteiger partial charge on any atom is 0.272 e. The molecule has 1 unspecified atom stereocenters. The van der Waals surface area contributed by atoms with Gasteiger partial charge in [-0.15, -0.1) is 11.3 Å². The zero-order valence-electron chi connectivity index (χ0n) is 12.8. The van der Waals surface area contributed by atoms with Gasteiger partial charge in [-0.1, -0.05) is 6.92 Å². The number of hydrogen-bond acceptors (Lipinski definition) is 5. The molecule has 1 amide bonds. The molecule has 0 fully saturated rings. The Morgan fingerprint density at radius 2 is 2.19 bits per heavy atom. The van der Waals surface area contributed by atoms with Crippen LogP contribution in [0.2, 0.25) is 0 Å². The van der Waals surface area contributed by atoms with Crippen LogP contribution in [0, 0.1) is 0 Å². The molecule has 2 heterocycles. The summed E-state index contributed by atoms with van der Waals surface area (Å²) in [5, 5.41) is 4.41. The van der Waals surface area contributed by atoms with Gasteiger partial charge in [-0.25, -0.2) is 4.98 Å². The first-order chi connectivity index (χ1) is 10.0. The SMILES string of the molecule is CCc1cnc(C(C)Nc2ccnc(C(=O)N(C)C)c2)s1. The molecule has 0 aliphatic heterocycles. The van der Waals surface area contributed by atoms with Gasteiger partial charge in [0, 0.05) is 37.1 Å². The van der Waals surface area contributed by atoms with E-state index in [1.807, 2.05) is 12.3 Å². The summed E-state index contributed by atoms with van der Waals surface area (Å²) in [5.41, 5.74) is 1.31. The minimum atomic E-state index is -0.103. The second-order valence-corrected chi connectivity index (χ2v) is 6.16. The number of carbonyl (C=O) groups is 1. The Hall–Kier alpha value is -1.95. The van der Waals surface area contributed by atoms with Crippen molar-refractivity contribution in [3.05, 3.63) is 40.1 Å². The first kappa shape index (κ1) is 15.4. The molecular weight excluding hydrogens is 284 g/mol. The van der Waals surface area contributed by atoms with Crippen LogP contribution in [0.5, 0.6) is 0 Å². The molecule has 6 heteroatoms. The van der Waals surface area contributed by atoms with Gasteiger partial charge in [0.1, 0.15) is 10.7 Å². The summed E-state index contributed by atoms with van der Waals surface area (Å²) in [6, 6.07) is 3.73. The number of nitrogens with one attached hydrogen (secondary N) is 1. The molecule has 0 aliphatic rings. The molecule has 1 atom stereocenters. The molecule has 1 N–H and O–H groups in total. The monoisotopic (exact) mass is 304 g/mol. The maximum absolute atomic E-state index is 11.9. The van der Waals surface area contributed by atoms with Gasteiger partial charge in [-0.05, 0) is 25.5 Å². The zero-order valence-corrected chi connectivity index (χ0v) is 13.6. The van der Waals surface area contributed by atoms with Gasteiger partial charge in [0.05, 0.1) is 6.04 Å². The highest BCUT2D eigenvalue weighted by Gasteiger charge is 2.13. The van der Waals surface area contributed by atoms with E-state index in [-0.39, 0.29) is 11.9 Å². The number of rotatable bonds is 5. The van der Waals surface area contributed by atoms with Crippen molar-refractivity contribution in [3.8, 4) is 0 Å². The van der Waals surface area contributed by atoms with Crippen molar-refractivity contribution in [1.29, 1.82) is 0 Å². The zero-order chi connectivity index (χ0) is 15.4. The van der Waals surface area contributed by atoms with Gasteiger partial charge in [-0.2, -0.15) is 0 Å². The molecule has 0 aliphatic carbocycles. The summed E-state index contributed by atoms with van der Waals surface area (Å²) in [6.07, 6.45) is 4.57. The second kappa shape index (κ2) is 6.67. The fraction of sp³-hybridized carbons (Fsp3) is 0.400. The summed E-state index contributed by atoms with van der Waals surface area (Å²) in [5.74, 6) is -0.103. The molecule has 2 aromatic heterocycles. The third-order valence-corrected chi connectivity index (χ3v) is 4.38. The van der Waals surface area contributed by atoms with Gasteiger partial charge in [0.25, 0.3) is 5.91 Å². The van der Waals surface area contributed by atoms with E-state index in [0.29, 0.717) is 5.69 Å². The normalized spacial score (nSPS) is 12.0. The highest BCUT2D eigenvalue weighted by Crippen LogP contribution is 2.24. The Balaban J connectivity index is 2.12. The first-order valence-corrected chi connectivity index (χ1v) is 7.71. The number of pyridine rings is 1. The number of carbonyl (C=O) groups excluding carboxylic acids is 1. The van der Waals surface area contributed by atoms with E-state index in [2.05, 4.69) is 29.1 Å². The van der Waals surface area contributed by atoms with Crippen molar-refractivity contribution in [2.45, 2.75) is 26.3 Å². The molecule has 0 aromatic carbocycles. The fourth-order valence-corrected chi connectivity index (χ4v) is 2.72. The topological polar surface area (TPSA) is 58.1 Å². The lowest BCUT2D eigenvalue weighted by molar-refractivity contribution is 0.0822. The largest absolute Gasteiger partial charge is 0.376 e. The van der Waals surface area contributed by atoms with Crippen LogP contribution in [-0.4, -0.2) is 34.9 Å². The van der Waals surface area contributed by atoms with Crippen LogP contribution in [0.25, 0.3) is 0 Å². The molecule has 0 radical (unpaired) electrons. The maximum atomic E-state index is 11.9. The summed E-state index contributed by atoms with van der Waals surface area (Å²) in [6.45, 7) is 4.18. The van der Waals surface area contributed by atoms with Crippen molar-refractivity contribution in [3.63, 3.8) is 0 Å². The molecule has 0 saturated heterocycles. The Labute approximate surface area is 129 Å². The average molecular weight is 304 g/mol. The van der Waals surface area contributed by atoms with Gasteiger partial charge in [-0.3, -0.25) is 9.78 Å². The predicted molar refractivity (Wildman–Crippen MR) is 85.8 cm³/mol. The number of nitrogens with zero attached hydrogens (tertiary/aromatic N) is 3. The van der Waals surface area contributed by atoms with E-state index >= 15 is 0 Å². The first-order valence-electron chi connectivity index (χ1n) is 6.90. The van der Waals surface area contributed by atoms with Crippen molar-refractivity contribution >= 4 is 22.9 Å². The summed E-state index contributed by atoms with van der Waals surface area (Å²) in [4.78, 5) is 23.3. The molecule has 0 spiro atoms. The highest BCUT2D eigenvalue weighted by molar-refractivity contribution is 7.11. The summed E-state index contributed by atoms with van der Waals surface area (Å²) in [7, 11) is 3.43. The van der Waals surface area contributed by atoms with Crippen LogP contribution in [0.1, 0.15) is 40.3 Å². The number of aromatic nitrogens is 2. The molecule has 2 rings (SSSR count). The highest BCUT2D eigenvalue weighted by atomic mass is 32.1. The molecule has 0 saturated carbocycles. The van der Waals surface area contributed by atoms with Crippen LogP contribution in [0.4, 0.5) is 5.69 Å². The molecule has 21 heavy (non-hydrogen) atoms. The molecule has 2 aromatic rings. The van der Waals surface area contributed by atoms with Crippen molar-refractivity contribution in [2.24, 2.45) is 0 Å². The van der Waals surface area contributed by atoms with Crippen LogP contribution in [0.15, 0.2) is 24.5 Å². The summed E-state index contributed by atoms with van der Waals surface area (Å²) < 4.78 is 0. The molecule has 0 bridgehead atoms. The van der Waals surface area contributed by atoms with Crippen molar-refractivity contribution < 1.29 is 4.79 Å². The Kier molecular flexibility index (Phi) is 4.90. The van der Waals surface area contributed by atoms with E-state index in [1.165, 1.54) is 9.78 Å². The molecule has 5 nitrogen and oxygen atoms in total. The van der Waals surface area contributed by atoms with E-state index < -0.39 is 0 Å². The summed E-state index contributed by atoms with van der Waals surface area (Å²) >= 11 is 1.71. The molecular formula is C15H20N4OS. The Morgan fingerprint density at radius 3 is 2.81 bits per heavy atom. The van der Waals surface area contributed by atoms with Gasteiger partial charge < -0.3 is 10.2 Å².